The summed E-state index contributed by atoms with van der Waals surface area (Å²) >= 11 is -0.826. The number of hydrogen-bond acceptors (Lipinski definition) is 0. The van der Waals surface area contributed by atoms with Crippen LogP contribution in [0.1, 0.15) is 11.1 Å². The molecule has 0 bridgehead atoms. The van der Waals surface area contributed by atoms with Crippen LogP contribution in [-0.4, -0.2) is 41.8 Å². The van der Waals surface area contributed by atoms with Crippen LogP contribution in [0.5, 0.6) is 0 Å². The molecule has 0 fully saturated rings. The van der Waals surface area contributed by atoms with Gasteiger partial charge in [0, 0.05) is 0 Å². The van der Waals surface area contributed by atoms with Gasteiger partial charge in [-0.15, -0.1) is 74.6 Å². The largest absolute Gasteiger partial charge is 0.184 e. The monoisotopic (exact) mass is 1190 g/mol. The first kappa shape index (κ1) is 57.7. The van der Waals surface area contributed by atoms with E-state index in [-0.39, 0.29) is 0 Å². The Labute approximate surface area is 481 Å². The topological polar surface area (TPSA) is 0 Å². The first-order valence-corrected chi connectivity index (χ1v) is 47.9. The van der Waals surface area contributed by atoms with E-state index < -0.39 is 53.1 Å². The van der Waals surface area contributed by atoms with Crippen molar-refractivity contribution in [3.8, 4) is 55.6 Å². The zero-order valence-electron chi connectivity index (χ0n) is 47.2. The third-order valence-corrected chi connectivity index (χ3v) is 24.1. The summed E-state index contributed by atoms with van der Waals surface area (Å²) in [5, 5.41) is 14.5. The van der Waals surface area contributed by atoms with Gasteiger partial charge in [0.2, 0.25) is 0 Å². The molecule has 1 aliphatic rings. The van der Waals surface area contributed by atoms with Crippen molar-refractivity contribution in [3.05, 3.63) is 205 Å². The number of halogens is 2. The molecule has 2 radical (unpaired) electrons. The minimum Gasteiger partial charge on any atom is -0.184 e. The molecule has 0 saturated heterocycles. The number of aryl methyl sites for hydroxylation is 2. The molecule has 0 N–H and O–H groups in total. The van der Waals surface area contributed by atoms with Crippen molar-refractivity contribution in [2.75, 3.05) is 0 Å². The molecule has 0 spiro atoms. The molecular weight excluding hydrogens is 1120 g/mol. The Kier molecular flexibility index (Phi) is 18.1. The van der Waals surface area contributed by atoms with Crippen molar-refractivity contribution < 1.29 is 20.8 Å². The third kappa shape index (κ3) is 13.5. The fourth-order valence-corrected chi connectivity index (χ4v) is 16.5. The molecule has 0 unspecified atom stereocenters. The Balaban J connectivity index is 0.000000157. The zero-order chi connectivity index (χ0) is 54.7. The molecule has 8 heteroatoms. The van der Waals surface area contributed by atoms with Crippen LogP contribution in [0.25, 0.3) is 77.2 Å². The average Bonchev–Trinajstić information content (AvgIpc) is 4.14. The predicted octanol–water partition coefficient (Wildman–Crippen LogP) is 17.1. The second kappa shape index (κ2) is 23.9. The maximum Gasteiger partial charge on any atom is 0.0920 e. The van der Waals surface area contributed by atoms with Crippen molar-refractivity contribution in [2.45, 2.75) is 92.4 Å². The minimum atomic E-state index is -1.42. The van der Waals surface area contributed by atoms with Crippen LogP contribution in [0, 0.1) is 19.9 Å². The van der Waals surface area contributed by atoms with Gasteiger partial charge in [0.1, 0.15) is 0 Å². The van der Waals surface area contributed by atoms with E-state index in [1.165, 1.54) is 98.7 Å². The van der Waals surface area contributed by atoms with E-state index in [0.717, 1.165) is 9.52 Å². The van der Waals surface area contributed by atoms with Gasteiger partial charge < -0.3 is 0 Å². The second-order valence-corrected chi connectivity index (χ2v) is 49.9. The zero-order valence-corrected chi connectivity index (χ0v) is 56.1. The van der Waals surface area contributed by atoms with Gasteiger partial charge in [0.15, 0.2) is 0 Å². The molecule has 10 aromatic rings. The Morgan fingerprint density at radius 2 is 0.776 bits per heavy atom. The SMILES string of the molecule is Cc1ccc2[cH-]c(-c3ccccc3)cc2c1-c1cc([Si](C)(C)C)cc([Si](C)(C)C)c1.Cc1ccc2[cH-]c(-c3ccccc3)cc2c1-c1cc([Si](C)(C)C)cc([Si](C)(C)C)c1.[Cl][Zr][Cl].[c-]1cccc2c1[Si]c1ccccc1-2. The summed E-state index contributed by atoms with van der Waals surface area (Å²) in [5.41, 5.74) is 16.3. The Hall–Kier alpha value is -4.47. The Morgan fingerprint density at radius 1 is 0.408 bits per heavy atom. The van der Waals surface area contributed by atoms with Crippen LogP contribution in [0.2, 0.25) is 78.6 Å². The van der Waals surface area contributed by atoms with Gasteiger partial charge in [-0.2, -0.15) is 29.5 Å². The molecule has 0 amide bonds. The van der Waals surface area contributed by atoms with E-state index in [2.05, 4.69) is 280 Å². The van der Waals surface area contributed by atoms with Crippen molar-refractivity contribution in [3.63, 3.8) is 0 Å². The molecule has 0 saturated carbocycles. The van der Waals surface area contributed by atoms with Crippen LogP contribution in [0.15, 0.2) is 188 Å². The first-order chi connectivity index (χ1) is 35.9. The van der Waals surface area contributed by atoms with E-state index in [0.29, 0.717) is 0 Å². The third-order valence-electron chi connectivity index (χ3n) is 14.7. The maximum atomic E-state index is 4.93. The predicted molar refractivity (Wildman–Crippen MR) is 350 cm³/mol. The molecule has 1 aliphatic heterocycles. The fourth-order valence-electron chi connectivity index (χ4n) is 10.1. The van der Waals surface area contributed by atoms with Crippen molar-refractivity contribution in [2.24, 2.45) is 0 Å². The molecule has 386 valence electrons. The van der Waals surface area contributed by atoms with Gasteiger partial charge >= 0.3 is 37.9 Å². The maximum absolute atomic E-state index is 4.93. The van der Waals surface area contributed by atoms with E-state index in [1.807, 2.05) is 6.07 Å². The Bertz CT molecular complexity index is 3320. The molecule has 0 atom stereocenters. The Morgan fingerprint density at radius 3 is 1.17 bits per heavy atom. The van der Waals surface area contributed by atoms with E-state index in [4.69, 9.17) is 17.0 Å². The molecule has 0 aromatic heterocycles. The van der Waals surface area contributed by atoms with Gasteiger partial charge in [-0.1, -0.05) is 266 Å². The average molecular weight is 1190 g/mol. The van der Waals surface area contributed by atoms with Gasteiger partial charge in [-0.05, 0) is 36.1 Å². The van der Waals surface area contributed by atoms with Crippen LogP contribution in [-0.2, 0) is 20.8 Å². The molecule has 0 nitrogen and oxygen atoms in total. The smallest absolute Gasteiger partial charge is 0.0920 e. The van der Waals surface area contributed by atoms with Gasteiger partial charge in [-0.25, -0.2) is 0 Å². The summed E-state index contributed by atoms with van der Waals surface area (Å²) in [7, 11) is 4.99. The van der Waals surface area contributed by atoms with Gasteiger partial charge in [0.05, 0.1) is 41.8 Å². The molecule has 10 aromatic carbocycles. The quantitative estimate of drug-likeness (QED) is 0.105. The number of benzene rings is 8. The molecule has 0 aliphatic carbocycles. The fraction of sp³-hybridized carbons (Fsp3) is 0.206. The van der Waals surface area contributed by atoms with Crippen molar-refractivity contribution in [1.29, 1.82) is 0 Å². The minimum absolute atomic E-state index is 0.795. The van der Waals surface area contributed by atoms with E-state index in [1.54, 1.807) is 20.7 Å². The summed E-state index contributed by atoms with van der Waals surface area (Å²) in [6, 6.07) is 73.3. The number of hydrogen-bond donors (Lipinski definition) is 0. The van der Waals surface area contributed by atoms with Crippen molar-refractivity contribution in [1.82, 2.24) is 0 Å². The van der Waals surface area contributed by atoms with Crippen LogP contribution < -0.4 is 31.1 Å². The van der Waals surface area contributed by atoms with Crippen LogP contribution >= 0.6 is 17.0 Å². The van der Waals surface area contributed by atoms with Crippen molar-refractivity contribution >= 4 is 112 Å². The first-order valence-electron chi connectivity index (χ1n) is 26.6. The number of fused-ring (bicyclic) bond motifs is 5. The summed E-state index contributed by atoms with van der Waals surface area (Å²) in [4.78, 5) is 0. The molecule has 1 heterocycles. The summed E-state index contributed by atoms with van der Waals surface area (Å²) < 4.78 is 0. The second-order valence-electron chi connectivity index (χ2n) is 24.5. The van der Waals surface area contributed by atoms with E-state index in [9.17, 15) is 0 Å². The summed E-state index contributed by atoms with van der Waals surface area (Å²) in [6.45, 7) is 34.1. The normalized spacial score (nSPS) is 12.2. The van der Waals surface area contributed by atoms with Crippen LogP contribution in [0.4, 0.5) is 0 Å². The standard InChI is InChI=1S/2C28H33Si2.C12H7Si.2ClH.Zr/c2*1-20-13-14-22-15-23(21-11-9-8-10-12-21)18-27(22)28(20)24-16-25(29(2,3)4)19-26(17-24)30(5,6)7;1-3-7-11-9(5-1)10-6-2-4-8-12(10)13-11;;;/h2*8-19H,1-7H3;1-7H;2*1H;/q3*-1;;;+2/p-2. The van der Waals surface area contributed by atoms with Gasteiger partial charge in [0.25, 0.3) is 0 Å². The number of rotatable bonds is 8. The van der Waals surface area contributed by atoms with Gasteiger partial charge in [-0.3, -0.25) is 0 Å². The molecule has 76 heavy (non-hydrogen) atoms. The molecular formula is C68H73Cl2Si5Zr-3. The summed E-state index contributed by atoms with van der Waals surface area (Å²) in [6.07, 6.45) is 0. The summed E-state index contributed by atoms with van der Waals surface area (Å²) in [5.74, 6) is 0. The van der Waals surface area contributed by atoms with Crippen LogP contribution in [0.3, 0.4) is 0 Å². The molecule has 11 rings (SSSR count). The van der Waals surface area contributed by atoms with E-state index >= 15 is 0 Å².